The number of carbonyl (C=O) groups is 1. The van der Waals surface area contributed by atoms with Crippen molar-refractivity contribution in [1.82, 2.24) is 5.48 Å². The lowest BCUT2D eigenvalue weighted by Gasteiger charge is -2.16. The summed E-state index contributed by atoms with van der Waals surface area (Å²) in [5.41, 5.74) is 4.29. The van der Waals surface area contributed by atoms with Gasteiger partial charge >= 0.3 is 0 Å². The van der Waals surface area contributed by atoms with Crippen molar-refractivity contribution in [2.24, 2.45) is 0 Å². The summed E-state index contributed by atoms with van der Waals surface area (Å²) in [6.45, 7) is 2.14. The summed E-state index contributed by atoms with van der Waals surface area (Å²) < 4.78 is 0. The molecule has 0 heterocycles. The molecule has 0 aliphatic heterocycles. The van der Waals surface area contributed by atoms with Gasteiger partial charge in [-0.2, -0.15) is 0 Å². The van der Waals surface area contributed by atoms with Gasteiger partial charge in [-0.15, -0.1) is 0 Å². The fraction of sp³-hybridized carbons (Fsp3) is 0.250. The Labute approximate surface area is 137 Å². The standard InChI is InChI=1S/C20H21NO2/c1-2-3-4-6-10-16-11-9-14-18(15-16)19(20(22)21-23)17-12-7-5-8-13-17/h5,7-9,11-15,19,23H,2-4H2,1H3,(H,21,22). The SMILES string of the molecule is CCCCC#Cc1cccc(C(C(=O)NO)c2ccccc2)c1. The molecule has 0 radical (unpaired) electrons. The smallest absolute Gasteiger partial charge is 0.255 e. The average Bonchev–Trinajstić information content (AvgIpc) is 2.60. The summed E-state index contributed by atoms with van der Waals surface area (Å²) in [5, 5.41) is 9.07. The molecule has 0 aliphatic carbocycles. The molecule has 1 amide bonds. The molecule has 0 fully saturated rings. The van der Waals surface area contributed by atoms with Crippen LogP contribution in [-0.4, -0.2) is 11.1 Å². The molecule has 2 aromatic rings. The van der Waals surface area contributed by atoms with Crippen molar-refractivity contribution in [1.29, 1.82) is 0 Å². The number of carbonyl (C=O) groups excluding carboxylic acids is 1. The van der Waals surface area contributed by atoms with Gasteiger partial charge in [0.1, 0.15) is 0 Å². The summed E-state index contributed by atoms with van der Waals surface area (Å²) in [7, 11) is 0. The molecule has 0 bridgehead atoms. The van der Waals surface area contributed by atoms with E-state index in [1.165, 1.54) is 0 Å². The van der Waals surface area contributed by atoms with Crippen molar-refractivity contribution in [2.75, 3.05) is 0 Å². The second-order valence-electron chi connectivity index (χ2n) is 5.35. The van der Waals surface area contributed by atoms with Gasteiger partial charge in [0, 0.05) is 12.0 Å². The van der Waals surface area contributed by atoms with Gasteiger partial charge in [-0.25, -0.2) is 5.48 Å². The van der Waals surface area contributed by atoms with E-state index in [0.717, 1.165) is 36.0 Å². The molecule has 0 saturated carbocycles. The monoisotopic (exact) mass is 307 g/mol. The third-order valence-corrected chi connectivity index (χ3v) is 3.61. The van der Waals surface area contributed by atoms with E-state index in [1.807, 2.05) is 54.6 Å². The van der Waals surface area contributed by atoms with E-state index in [-0.39, 0.29) is 0 Å². The van der Waals surface area contributed by atoms with Gasteiger partial charge in [-0.3, -0.25) is 10.0 Å². The number of unbranched alkanes of at least 4 members (excludes halogenated alkanes) is 2. The zero-order valence-electron chi connectivity index (χ0n) is 13.3. The van der Waals surface area contributed by atoms with Crippen LogP contribution in [0.15, 0.2) is 54.6 Å². The molecule has 2 rings (SSSR count). The van der Waals surface area contributed by atoms with E-state index in [9.17, 15) is 4.79 Å². The minimum atomic E-state index is -0.557. The lowest BCUT2D eigenvalue weighted by atomic mass is 9.90. The molecule has 1 atom stereocenters. The van der Waals surface area contributed by atoms with Gasteiger partial charge in [0.15, 0.2) is 0 Å². The topological polar surface area (TPSA) is 49.3 Å². The van der Waals surface area contributed by atoms with Crippen molar-refractivity contribution in [3.05, 3.63) is 71.3 Å². The van der Waals surface area contributed by atoms with Crippen molar-refractivity contribution in [3.8, 4) is 11.8 Å². The quantitative estimate of drug-likeness (QED) is 0.381. The van der Waals surface area contributed by atoms with Crippen LogP contribution in [0.5, 0.6) is 0 Å². The van der Waals surface area contributed by atoms with Crippen LogP contribution in [0.1, 0.15) is 48.8 Å². The van der Waals surface area contributed by atoms with Crippen molar-refractivity contribution in [3.63, 3.8) is 0 Å². The first-order valence-electron chi connectivity index (χ1n) is 7.84. The summed E-state index contributed by atoms with van der Waals surface area (Å²) in [6.07, 6.45) is 3.09. The van der Waals surface area contributed by atoms with Gasteiger partial charge in [-0.1, -0.05) is 67.6 Å². The predicted molar refractivity (Wildman–Crippen MR) is 91.1 cm³/mol. The predicted octanol–water partition coefficient (Wildman–Crippen LogP) is 3.87. The number of hydrogen-bond donors (Lipinski definition) is 2. The Hall–Kier alpha value is -2.57. The van der Waals surface area contributed by atoms with Crippen molar-refractivity contribution in [2.45, 2.75) is 32.1 Å². The second-order valence-corrected chi connectivity index (χ2v) is 5.35. The van der Waals surface area contributed by atoms with E-state index in [2.05, 4.69) is 18.8 Å². The van der Waals surface area contributed by atoms with Gasteiger partial charge in [-0.05, 0) is 29.7 Å². The molecule has 23 heavy (non-hydrogen) atoms. The van der Waals surface area contributed by atoms with Crippen LogP contribution in [0.2, 0.25) is 0 Å². The van der Waals surface area contributed by atoms with Crippen LogP contribution < -0.4 is 5.48 Å². The molecule has 118 valence electrons. The summed E-state index contributed by atoms with van der Waals surface area (Å²) in [4.78, 5) is 12.1. The summed E-state index contributed by atoms with van der Waals surface area (Å²) >= 11 is 0. The molecule has 1 unspecified atom stereocenters. The van der Waals surface area contributed by atoms with Crippen LogP contribution in [0, 0.1) is 11.8 Å². The van der Waals surface area contributed by atoms with Crippen LogP contribution >= 0.6 is 0 Å². The minimum absolute atomic E-state index is 0.452. The Balaban J connectivity index is 2.32. The Morgan fingerprint density at radius 1 is 1.13 bits per heavy atom. The lowest BCUT2D eigenvalue weighted by Crippen LogP contribution is -2.27. The Morgan fingerprint density at radius 3 is 2.57 bits per heavy atom. The van der Waals surface area contributed by atoms with Gasteiger partial charge < -0.3 is 0 Å². The number of rotatable bonds is 5. The van der Waals surface area contributed by atoms with E-state index in [1.54, 1.807) is 5.48 Å². The molecule has 0 saturated heterocycles. The number of nitrogens with one attached hydrogen (secondary N) is 1. The van der Waals surface area contributed by atoms with E-state index in [0.29, 0.717) is 0 Å². The molecule has 3 nitrogen and oxygen atoms in total. The zero-order chi connectivity index (χ0) is 16.5. The molecular weight excluding hydrogens is 286 g/mol. The highest BCUT2D eigenvalue weighted by atomic mass is 16.5. The summed E-state index contributed by atoms with van der Waals surface area (Å²) in [6, 6.07) is 17.0. The van der Waals surface area contributed by atoms with Crippen LogP contribution in [0.4, 0.5) is 0 Å². The number of amides is 1. The normalized spacial score (nSPS) is 11.2. The fourth-order valence-electron chi connectivity index (χ4n) is 2.43. The van der Waals surface area contributed by atoms with Gasteiger partial charge in [0.05, 0.1) is 5.92 Å². The van der Waals surface area contributed by atoms with Crippen LogP contribution in [-0.2, 0) is 4.79 Å². The highest BCUT2D eigenvalue weighted by molar-refractivity contribution is 5.86. The Morgan fingerprint density at radius 2 is 1.87 bits per heavy atom. The zero-order valence-corrected chi connectivity index (χ0v) is 13.3. The van der Waals surface area contributed by atoms with Crippen molar-refractivity contribution < 1.29 is 10.0 Å². The molecule has 0 aliphatic rings. The maximum Gasteiger partial charge on any atom is 0.255 e. The molecular formula is C20H21NO2. The van der Waals surface area contributed by atoms with Crippen LogP contribution in [0.3, 0.4) is 0 Å². The number of hydroxylamine groups is 1. The molecule has 3 heteroatoms. The minimum Gasteiger partial charge on any atom is -0.289 e. The number of hydrogen-bond acceptors (Lipinski definition) is 2. The lowest BCUT2D eigenvalue weighted by molar-refractivity contribution is -0.129. The fourth-order valence-corrected chi connectivity index (χ4v) is 2.43. The number of benzene rings is 2. The second kappa shape index (κ2) is 8.77. The first-order valence-corrected chi connectivity index (χ1v) is 7.84. The Kier molecular flexibility index (Phi) is 6.40. The Bertz CT molecular complexity index is 698. The highest BCUT2D eigenvalue weighted by Crippen LogP contribution is 2.25. The first kappa shape index (κ1) is 16.8. The van der Waals surface area contributed by atoms with Crippen molar-refractivity contribution >= 4 is 5.91 Å². The largest absolute Gasteiger partial charge is 0.289 e. The van der Waals surface area contributed by atoms with E-state index < -0.39 is 11.8 Å². The first-order chi connectivity index (χ1) is 11.3. The highest BCUT2D eigenvalue weighted by Gasteiger charge is 2.22. The maximum atomic E-state index is 12.1. The molecule has 2 aromatic carbocycles. The van der Waals surface area contributed by atoms with Gasteiger partial charge in [0.2, 0.25) is 0 Å². The van der Waals surface area contributed by atoms with E-state index in [4.69, 9.17) is 5.21 Å². The molecule has 0 spiro atoms. The third kappa shape index (κ3) is 4.70. The van der Waals surface area contributed by atoms with Gasteiger partial charge in [0.25, 0.3) is 5.91 Å². The maximum absolute atomic E-state index is 12.1. The van der Waals surface area contributed by atoms with E-state index >= 15 is 0 Å². The third-order valence-electron chi connectivity index (χ3n) is 3.61. The molecule has 0 aromatic heterocycles. The van der Waals surface area contributed by atoms with Crippen LogP contribution in [0.25, 0.3) is 0 Å². The average molecular weight is 307 g/mol. The molecule has 2 N–H and O–H groups in total. The summed E-state index contributed by atoms with van der Waals surface area (Å²) in [5.74, 6) is 5.28.